The zero-order chi connectivity index (χ0) is 89.3. The summed E-state index contributed by atoms with van der Waals surface area (Å²) >= 11 is 1.74. The largest absolute Gasteiger partial charge is 0.460 e. The zero-order valence-electron chi connectivity index (χ0n) is 48.2. The van der Waals surface area contributed by atoms with Crippen LogP contribution in [0.15, 0.2) is 24.3 Å². The Morgan fingerprint density at radius 2 is 0.321 bits per heavy atom. The molecule has 0 amide bonds. The summed E-state index contributed by atoms with van der Waals surface area (Å²) in [5.74, 6) is -264. The van der Waals surface area contributed by atoms with E-state index in [0.29, 0.717) is 0 Å². The van der Waals surface area contributed by atoms with Crippen molar-refractivity contribution in [3.63, 3.8) is 0 Å². The van der Waals surface area contributed by atoms with Gasteiger partial charge in [-0.2, -0.15) is 277 Å². The van der Waals surface area contributed by atoms with E-state index in [9.17, 15) is 229 Å². The second kappa shape index (κ2) is 26.9. The summed E-state index contributed by atoms with van der Waals surface area (Å²) in [6.45, 7) is 0. The van der Waals surface area contributed by atoms with E-state index in [1.54, 1.807) is 15.9 Å². The zero-order valence-corrected chi connectivity index (χ0v) is 50.7. The van der Waals surface area contributed by atoms with E-state index in [1.807, 2.05) is 0 Å². The van der Waals surface area contributed by atoms with E-state index < -0.39 is 264 Å². The number of hydrogen-bond acceptors (Lipinski definition) is 1. The lowest BCUT2D eigenvalue weighted by Gasteiger charge is -2.45. The summed E-state index contributed by atoms with van der Waals surface area (Å²) in [6, 6.07) is -15.8. The van der Waals surface area contributed by atoms with Gasteiger partial charge in [-0.3, -0.25) is 4.79 Å². The van der Waals surface area contributed by atoms with Gasteiger partial charge in [-0.25, -0.2) is 0 Å². The Balaban J connectivity index is 4.97. The van der Waals surface area contributed by atoms with Crippen LogP contribution in [-0.4, -0.2) is 191 Å². The van der Waals surface area contributed by atoms with Crippen molar-refractivity contribution >= 4 is 33.9 Å². The van der Waals surface area contributed by atoms with Gasteiger partial charge in [0.25, 0.3) is 0 Å². The van der Waals surface area contributed by atoms with Gasteiger partial charge in [0.2, 0.25) is 4.69 Å². The molecule has 0 N–H and O–H groups in total. The van der Waals surface area contributed by atoms with E-state index in [2.05, 4.69) is 0 Å². The highest BCUT2D eigenvalue weighted by molar-refractivity contribution is 9.18. The molecule has 0 aliphatic carbocycles. The first-order valence-corrected chi connectivity index (χ1v) is 28.4. The first-order valence-electron chi connectivity index (χ1n) is 25.0. The van der Waals surface area contributed by atoms with Crippen molar-refractivity contribution in [1.82, 2.24) is 0 Å². The molecule has 0 aliphatic heterocycles. The molecule has 0 heterocycles. The van der Waals surface area contributed by atoms with Gasteiger partial charge < -0.3 is 0 Å². The van der Waals surface area contributed by atoms with E-state index >= 15 is 52.7 Å². The lowest BCUT2D eigenvalue weighted by molar-refractivity contribution is -0.474. The summed E-state index contributed by atoms with van der Waals surface area (Å²) < 4.78 is 894. The van der Waals surface area contributed by atoms with Gasteiger partial charge in [0.05, 0.1) is 8.07 Å². The van der Waals surface area contributed by atoms with Crippen LogP contribution in [0.4, 0.5) is 277 Å². The van der Waals surface area contributed by atoms with Crippen molar-refractivity contribution < 1.29 is 281 Å². The van der Waals surface area contributed by atoms with E-state index in [4.69, 9.17) is 0 Å². The van der Waals surface area contributed by atoms with Crippen LogP contribution >= 0.6 is 15.9 Å². The fourth-order valence-electron chi connectivity index (χ4n) is 8.19. The molecule has 0 aliphatic rings. The molecule has 0 bridgehead atoms. The number of carbonyl (C=O) groups excluding carboxylic acids is 1. The predicted octanol–water partition coefficient (Wildman–Crippen LogP) is 23.9. The van der Waals surface area contributed by atoms with Crippen molar-refractivity contribution in [3.8, 4) is 0 Å². The van der Waals surface area contributed by atoms with Crippen LogP contribution in [0, 0.1) is 0 Å². The summed E-state index contributed by atoms with van der Waals surface area (Å²) in [5.41, 5.74) is -1.60. The number of halogens is 64. The third-order valence-corrected chi connectivity index (χ3v) is 20.8. The van der Waals surface area contributed by atoms with Gasteiger partial charge >= 0.3 is 178 Å². The maximum absolute atomic E-state index is 15.6. The summed E-state index contributed by atoms with van der Waals surface area (Å²) in [6.07, 6.45) is -40.9. The monoisotopic (exact) mass is 1850 g/mol. The third kappa shape index (κ3) is 13.6. The molecule has 1 aromatic rings. The predicted molar refractivity (Wildman–Crippen MR) is 225 cm³/mol. The minimum Gasteiger partial charge on any atom is -0.281 e. The summed E-state index contributed by atoms with van der Waals surface area (Å²) in [5, 5.41) is -2.76. The highest BCUT2D eigenvalue weighted by Gasteiger charge is 3.02. The van der Waals surface area contributed by atoms with Crippen LogP contribution in [0.25, 0.3) is 0 Å². The first-order chi connectivity index (χ1) is 46.3. The molecule has 0 spiro atoms. The summed E-state index contributed by atoms with van der Waals surface area (Å²) in [7, 11) is -8.25. The number of alkyl halides is 63. The van der Waals surface area contributed by atoms with Crippen LogP contribution < -0.4 is 5.19 Å². The van der Waals surface area contributed by atoms with Gasteiger partial charge in [0, 0.05) is 24.8 Å². The van der Waals surface area contributed by atoms with Gasteiger partial charge in [0.15, 0.2) is 0 Å². The molecular formula is C43H16BrF63OSi. The Morgan fingerprint density at radius 1 is 0.202 bits per heavy atom. The molecule has 0 fully saturated rings. The molecule has 66 heteroatoms. The molecule has 1 nitrogen and oxygen atoms in total. The highest BCUT2D eigenvalue weighted by Crippen LogP contribution is 2.72. The second-order valence-corrected chi connectivity index (χ2v) is 27.4. The standard InChI is InChI=1S/C43H16BrF63OSi/c44-13(108)11-1-3-12(4-2-11)109(8-5-14(45,46)17(51,52)20(57,58)23(63,64)26(69,70)29(75,76)32(81,82)35(87,88)38(93,94)41(99,100)101,9-6-15(47,48)18(53,54)21(59,60)24(65,66)27(71,72)30(77,78)33(83,84)36(89,90)39(95,96)42(102,103)104)10-7-16(49,50)19(55,56)22(61,62)25(67,68)28(73,74)31(79,80)34(85,86)37(91,92)40(97,98)43(105,106)107/h1-4H,5-10H2. The van der Waals surface area contributed by atoms with Gasteiger partial charge in [0.1, 0.15) is 0 Å². The van der Waals surface area contributed by atoms with Crippen molar-refractivity contribution in [2.75, 3.05) is 0 Å². The molecule has 0 unspecified atom stereocenters. The fraction of sp³-hybridized carbons (Fsp3) is 0.837. The fourth-order valence-corrected chi connectivity index (χ4v) is 13.3. The number of rotatable bonds is 35. The highest BCUT2D eigenvalue weighted by atomic mass is 79.9. The molecule has 109 heavy (non-hydrogen) atoms. The van der Waals surface area contributed by atoms with Crippen molar-refractivity contribution in [3.05, 3.63) is 29.8 Å². The molecule has 1 rings (SSSR count). The quantitative estimate of drug-likeness (QED) is 0.0376. The van der Waals surface area contributed by atoms with Crippen LogP contribution in [0.1, 0.15) is 29.6 Å². The van der Waals surface area contributed by atoms with Crippen LogP contribution in [0.3, 0.4) is 0 Å². The lowest BCUT2D eigenvalue weighted by atomic mass is 9.86. The average Bonchev–Trinajstić information content (AvgIpc) is 0.694. The Labute approximate surface area is 561 Å². The molecule has 0 saturated carbocycles. The Morgan fingerprint density at radius 3 is 0.440 bits per heavy atom. The van der Waals surface area contributed by atoms with Gasteiger partial charge in [-0.05, 0) is 34.1 Å². The molecular weight excluding hydrogens is 1840 g/mol. The smallest absolute Gasteiger partial charge is 0.281 e. The average molecular weight is 1850 g/mol. The van der Waals surface area contributed by atoms with Crippen molar-refractivity contribution in [1.29, 1.82) is 0 Å². The van der Waals surface area contributed by atoms with E-state index in [1.165, 1.54) is 0 Å². The van der Waals surface area contributed by atoms with E-state index in [0.717, 1.165) is 0 Å². The SMILES string of the molecule is O=C(Br)c1ccc([Si](CCC(F)(F)C(F)(F)C(F)(F)C(F)(F)C(F)(F)C(F)(F)C(F)(F)C(F)(F)C(F)(F)C(F)(F)F)(CCC(F)(F)C(F)(F)C(F)(F)C(F)(F)C(F)(F)C(F)(F)C(F)(F)C(F)(F)C(F)(F)C(F)(F)F)CCC(F)(F)C(F)(F)C(F)(F)C(F)(F)C(F)(F)C(F)(F)C(F)(F)C(F)(F)C(F)(F)C(F)(F)F)cc1. The summed E-state index contributed by atoms with van der Waals surface area (Å²) in [4.78, 5) is 11.8. The molecule has 0 atom stereocenters. The van der Waals surface area contributed by atoms with Crippen molar-refractivity contribution in [2.24, 2.45) is 0 Å². The number of benzene rings is 1. The topological polar surface area (TPSA) is 17.1 Å². The number of carbonyl (C=O) groups is 1. The maximum Gasteiger partial charge on any atom is 0.460 e. The van der Waals surface area contributed by atoms with Crippen LogP contribution in [-0.2, 0) is 0 Å². The Bertz CT molecular complexity index is 3070. The Hall–Kier alpha value is -4.82. The molecule has 646 valence electrons. The molecule has 0 aromatic heterocycles. The van der Waals surface area contributed by atoms with Crippen LogP contribution in [0.5, 0.6) is 0 Å². The minimum absolute atomic E-state index is 0.608. The van der Waals surface area contributed by atoms with Gasteiger partial charge in [-0.15, -0.1) is 0 Å². The Kier molecular flexibility index (Phi) is 25.2. The maximum atomic E-state index is 15.6. The van der Waals surface area contributed by atoms with E-state index in [-0.39, 0.29) is 0 Å². The molecule has 0 saturated heterocycles. The van der Waals surface area contributed by atoms with Gasteiger partial charge in [-0.1, -0.05) is 29.5 Å². The number of hydrogen-bond donors (Lipinski definition) is 0. The second-order valence-electron chi connectivity index (χ2n) is 22.0. The third-order valence-electron chi connectivity index (χ3n) is 15.2. The first kappa shape index (κ1) is 102. The minimum atomic E-state index is -10.3. The van der Waals surface area contributed by atoms with Crippen molar-refractivity contribution in [2.45, 2.75) is 216 Å². The molecule has 0 radical (unpaired) electrons. The lowest BCUT2D eigenvalue weighted by Crippen LogP contribution is -2.77. The molecule has 1 aromatic carbocycles. The normalized spacial score (nSPS) is 16.9. The van der Waals surface area contributed by atoms with Crippen LogP contribution in [0.2, 0.25) is 18.1 Å².